The van der Waals surface area contributed by atoms with Crippen LogP contribution < -0.4 is 4.72 Å². The lowest BCUT2D eigenvalue weighted by atomic mass is 9.90. The highest BCUT2D eigenvalue weighted by atomic mass is 32.2. The Morgan fingerprint density at radius 2 is 1.77 bits per heavy atom. The molecule has 1 saturated heterocycles. The van der Waals surface area contributed by atoms with E-state index >= 15 is 0 Å². The molecule has 3 unspecified atom stereocenters. The Morgan fingerprint density at radius 3 is 2.55 bits per heavy atom. The van der Waals surface area contributed by atoms with Gasteiger partial charge in [-0.15, -0.1) is 0 Å². The van der Waals surface area contributed by atoms with E-state index in [4.69, 9.17) is 9.47 Å². The van der Waals surface area contributed by atoms with Gasteiger partial charge in [0, 0.05) is 11.4 Å². The molecule has 3 rings (SSSR count). The van der Waals surface area contributed by atoms with Crippen molar-refractivity contribution in [2.45, 2.75) is 37.5 Å². The molecule has 0 spiro atoms. The van der Waals surface area contributed by atoms with Gasteiger partial charge in [-0.3, -0.25) is 0 Å². The molecule has 5 nitrogen and oxygen atoms in total. The highest BCUT2D eigenvalue weighted by molar-refractivity contribution is 7.92. The van der Waals surface area contributed by atoms with Crippen LogP contribution in [0.15, 0.2) is 35.7 Å². The molecule has 1 N–H and O–H groups in total. The summed E-state index contributed by atoms with van der Waals surface area (Å²) in [5, 5.41) is 1.23. The Balaban J connectivity index is 1.58. The van der Waals surface area contributed by atoms with Crippen molar-refractivity contribution in [2.24, 2.45) is 0 Å². The van der Waals surface area contributed by atoms with E-state index in [9.17, 15) is 8.42 Å². The third kappa shape index (κ3) is 4.16. The van der Waals surface area contributed by atoms with E-state index < -0.39 is 10.0 Å². The van der Waals surface area contributed by atoms with Crippen LogP contribution in [-0.4, -0.2) is 39.9 Å². The molecular weight excluding hydrogens is 302 g/mol. The maximum atomic E-state index is 12.2. The zero-order valence-corrected chi connectivity index (χ0v) is 13.2. The fourth-order valence-electron chi connectivity index (χ4n) is 2.98. The van der Waals surface area contributed by atoms with Gasteiger partial charge < -0.3 is 9.47 Å². The second kappa shape index (κ2) is 6.91. The van der Waals surface area contributed by atoms with E-state index in [1.807, 2.05) is 30.3 Å². The van der Waals surface area contributed by atoms with E-state index in [0.29, 0.717) is 19.6 Å². The monoisotopic (exact) mass is 323 g/mol. The average molecular weight is 323 g/mol. The number of hydrogen-bond acceptors (Lipinski definition) is 4. The molecule has 0 aromatic heterocycles. The molecule has 6 heteroatoms. The van der Waals surface area contributed by atoms with E-state index in [1.54, 1.807) is 6.08 Å². The molecular formula is C16H21NO4S. The molecule has 1 aromatic carbocycles. The summed E-state index contributed by atoms with van der Waals surface area (Å²) < 4.78 is 38.4. The van der Waals surface area contributed by atoms with Crippen LogP contribution in [0.1, 0.15) is 24.8 Å². The zero-order chi connectivity index (χ0) is 15.4. The van der Waals surface area contributed by atoms with Crippen LogP contribution in [0.5, 0.6) is 0 Å². The number of sulfonamides is 1. The second-order valence-corrected chi connectivity index (χ2v) is 7.30. The standard InChI is InChI=1S/C16H21NO4S/c18-22(19,11-8-13-4-2-1-3-5-13)17-14-6-7-15-16(12-14)21-10-9-20-15/h1-5,8,11,14-17H,6-7,9-10,12H2. The second-order valence-electron chi connectivity index (χ2n) is 5.70. The molecule has 1 aliphatic carbocycles. The molecule has 120 valence electrons. The van der Waals surface area contributed by atoms with Crippen molar-refractivity contribution < 1.29 is 17.9 Å². The third-order valence-corrected chi connectivity index (χ3v) is 5.20. The first-order chi connectivity index (χ1) is 10.6. The lowest BCUT2D eigenvalue weighted by molar-refractivity contribution is -0.156. The summed E-state index contributed by atoms with van der Waals surface area (Å²) in [6.45, 7) is 1.23. The quantitative estimate of drug-likeness (QED) is 0.919. The van der Waals surface area contributed by atoms with Gasteiger partial charge in [0.15, 0.2) is 0 Å². The number of rotatable bonds is 4. The van der Waals surface area contributed by atoms with Crippen molar-refractivity contribution in [1.82, 2.24) is 4.72 Å². The Kier molecular flexibility index (Phi) is 4.93. The van der Waals surface area contributed by atoms with Crippen molar-refractivity contribution in [3.05, 3.63) is 41.3 Å². The first-order valence-electron chi connectivity index (χ1n) is 7.61. The van der Waals surface area contributed by atoms with Gasteiger partial charge in [0.2, 0.25) is 10.0 Å². The first-order valence-corrected chi connectivity index (χ1v) is 9.16. The number of ether oxygens (including phenoxy) is 2. The van der Waals surface area contributed by atoms with Crippen LogP contribution in [0.25, 0.3) is 6.08 Å². The van der Waals surface area contributed by atoms with Gasteiger partial charge in [-0.25, -0.2) is 13.1 Å². The molecule has 22 heavy (non-hydrogen) atoms. The maximum Gasteiger partial charge on any atom is 0.233 e. The number of hydrogen-bond donors (Lipinski definition) is 1. The summed E-state index contributed by atoms with van der Waals surface area (Å²) in [5.41, 5.74) is 0.862. The maximum absolute atomic E-state index is 12.2. The van der Waals surface area contributed by atoms with Gasteiger partial charge in [-0.05, 0) is 30.9 Å². The van der Waals surface area contributed by atoms with Crippen LogP contribution in [0.4, 0.5) is 0 Å². The predicted molar refractivity (Wildman–Crippen MR) is 84.7 cm³/mol. The summed E-state index contributed by atoms with van der Waals surface area (Å²) in [6.07, 6.45) is 4.02. The Labute approximate surface area is 131 Å². The highest BCUT2D eigenvalue weighted by Gasteiger charge is 2.35. The van der Waals surface area contributed by atoms with Crippen LogP contribution in [0.2, 0.25) is 0 Å². The molecule has 0 radical (unpaired) electrons. The SMILES string of the molecule is O=S(=O)(C=Cc1ccccc1)NC1CCC2OCCOC2C1. The molecule has 1 heterocycles. The summed E-state index contributed by atoms with van der Waals surface area (Å²) in [5.74, 6) is 0. The minimum atomic E-state index is -3.44. The van der Waals surface area contributed by atoms with Gasteiger partial charge in [0.1, 0.15) is 0 Å². The van der Waals surface area contributed by atoms with Crippen LogP contribution in [-0.2, 0) is 19.5 Å². The fourth-order valence-corrected chi connectivity index (χ4v) is 4.07. The van der Waals surface area contributed by atoms with Gasteiger partial charge in [-0.1, -0.05) is 30.3 Å². The summed E-state index contributed by atoms with van der Waals surface area (Å²) in [7, 11) is -3.44. The van der Waals surface area contributed by atoms with E-state index in [1.165, 1.54) is 5.41 Å². The summed E-state index contributed by atoms with van der Waals surface area (Å²) in [6, 6.07) is 9.29. The minimum absolute atomic E-state index is 0.00769. The van der Waals surface area contributed by atoms with Crippen LogP contribution in [0.3, 0.4) is 0 Å². The number of nitrogens with one attached hydrogen (secondary N) is 1. The smallest absolute Gasteiger partial charge is 0.233 e. The lowest BCUT2D eigenvalue weighted by Gasteiger charge is -2.38. The van der Waals surface area contributed by atoms with Gasteiger partial charge in [0.25, 0.3) is 0 Å². The molecule has 0 bridgehead atoms. The number of fused-ring (bicyclic) bond motifs is 1. The Morgan fingerprint density at radius 1 is 1.05 bits per heavy atom. The molecule has 2 fully saturated rings. The van der Waals surface area contributed by atoms with Crippen molar-refractivity contribution in [1.29, 1.82) is 0 Å². The van der Waals surface area contributed by atoms with E-state index in [0.717, 1.165) is 18.4 Å². The molecule has 1 aliphatic heterocycles. The highest BCUT2D eigenvalue weighted by Crippen LogP contribution is 2.27. The van der Waals surface area contributed by atoms with Gasteiger partial charge >= 0.3 is 0 Å². The molecule has 0 amide bonds. The Hall–Kier alpha value is -1.21. The van der Waals surface area contributed by atoms with Crippen LogP contribution >= 0.6 is 0 Å². The van der Waals surface area contributed by atoms with Crippen molar-refractivity contribution in [3.63, 3.8) is 0 Å². The topological polar surface area (TPSA) is 64.6 Å². The van der Waals surface area contributed by atoms with E-state index in [2.05, 4.69) is 4.72 Å². The van der Waals surface area contributed by atoms with Gasteiger partial charge in [0.05, 0.1) is 25.4 Å². The summed E-state index contributed by atoms with van der Waals surface area (Å²) in [4.78, 5) is 0. The van der Waals surface area contributed by atoms with Crippen molar-refractivity contribution in [3.8, 4) is 0 Å². The third-order valence-electron chi connectivity index (χ3n) is 4.05. The van der Waals surface area contributed by atoms with Crippen molar-refractivity contribution in [2.75, 3.05) is 13.2 Å². The minimum Gasteiger partial charge on any atom is -0.373 e. The largest absolute Gasteiger partial charge is 0.373 e. The molecule has 1 saturated carbocycles. The fraction of sp³-hybridized carbons (Fsp3) is 0.500. The average Bonchev–Trinajstić information content (AvgIpc) is 2.54. The first kappa shape index (κ1) is 15.7. The predicted octanol–water partition coefficient (Wildman–Crippen LogP) is 1.91. The Bertz CT molecular complexity index is 614. The zero-order valence-electron chi connectivity index (χ0n) is 12.4. The molecule has 2 aliphatic rings. The molecule has 1 aromatic rings. The molecule has 3 atom stereocenters. The summed E-state index contributed by atoms with van der Waals surface area (Å²) >= 11 is 0. The van der Waals surface area contributed by atoms with Crippen LogP contribution in [0, 0.1) is 0 Å². The van der Waals surface area contributed by atoms with E-state index in [-0.39, 0.29) is 18.2 Å². The number of benzene rings is 1. The lowest BCUT2D eigenvalue weighted by Crippen LogP contribution is -2.48. The van der Waals surface area contributed by atoms with Crippen molar-refractivity contribution >= 4 is 16.1 Å². The van der Waals surface area contributed by atoms with Gasteiger partial charge in [-0.2, -0.15) is 0 Å². The normalized spacial score (nSPS) is 29.4.